The van der Waals surface area contributed by atoms with Crippen molar-refractivity contribution >= 4 is 11.3 Å². The number of aromatic nitrogens is 1. The number of aryl methyl sites for hydroxylation is 1. The zero-order chi connectivity index (χ0) is 13.0. The fourth-order valence-electron chi connectivity index (χ4n) is 1.85. The van der Waals surface area contributed by atoms with Gasteiger partial charge in [0.25, 0.3) is 0 Å². The molecule has 0 saturated heterocycles. The largest absolute Gasteiger partial charge is 0.309 e. The Kier molecular flexibility index (Phi) is 4.44. The van der Waals surface area contributed by atoms with Gasteiger partial charge in [-0.05, 0) is 38.0 Å². The summed E-state index contributed by atoms with van der Waals surface area (Å²) >= 11 is 1.70. The van der Waals surface area contributed by atoms with Crippen molar-refractivity contribution in [1.29, 1.82) is 0 Å². The minimum atomic E-state index is -0.169. The van der Waals surface area contributed by atoms with Gasteiger partial charge in [0.05, 0.1) is 5.01 Å². The van der Waals surface area contributed by atoms with Gasteiger partial charge in [-0.2, -0.15) is 0 Å². The average molecular weight is 264 g/mol. The van der Waals surface area contributed by atoms with Gasteiger partial charge in [-0.15, -0.1) is 11.3 Å². The summed E-state index contributed by atoms with van der Waals surface area (Å²) in [7, 11) is 0. The predicted molar refractivity (Wildman–Crippen MR) is 73.3 cm³/mol. The standard InChI is InChI=1S/C14H17FN2S/c1-10(6-12-4-3-5-13(15)7-12)16-8-14-9-17-11(2)18-14/h3-5,7,9-10,16H,6,8H2,1-2H3. The zero-order valence-corrected chi connectivity index (χ0v) is 11.4. The van der Waals surface area contributed by atoms with E-state index in [9.17, 15) is 4.39 Å². The molecule has 4 heteroatoms. The molecule has 2 nitrogen and oxygen atoms in total. The second kappa shape index (κ2) is 6.07. The second-order valence-electron chi connectivity index (χ2n) is 4.46. The van der Waals surface area contributed by atoms with Crippen LogP contribution in [0.1, 0.15) is 22.4 Å². The van der Waals surface area contributed by atoms with Crippen LogP contribution < -0.4 is 5.32 Å². The van der Waals surface area contributed by atoms with E-state index in [-0.39, 0.29) is 5.82 Å². The van der Waals surface area contributed by atoms with E-state index in [1.54, 1.807) is 23.5 Å². The Morgan fingerprint density at radius 2 is 2.28 bits per heavy atom. The van der Waals surface area contributed by atoms with Gasteiger partial charge in [-0.3, -0.25) is 0 Å². The Balaban J connectivity index is 1.83. The van der Waals surface area contributed by atoms with Crippen LogP contribution in [-0.2, 0) is 13.0 Å². The van der Waals surface area contributed by atoms with Crippen LogP contribution in [-0.4, -0.2) is 11.0 Å². The predicted octanol–water partition coefficient (Wildman–Crippen LogP) is 3.31. The van der Waals surface area contributed by atoms with Gasteiger partial charge in [-0.25, -0.2) is 9.37 Å². The van der Waals surface area contributed by atoms with E-state index < -0.39 is 0 Å². The number of nitrogens with zero attached hydrogens (tertiary/aromatic N) is 1. The SMILES string of the molecule is Cc1ncc(CNC(C)Cc2cccc(F)c2)s1. The first-order valence-corrected chi connectivity index (χ1v) is 6.84. The number of benzene rings is 1. The molecule has 0 fully saturated rings. The van der Waals surface area contributed by atoms with Crippen molar-refractivity contribution in [2.75, 3.05) is 0 Å². The van der Waals surface area contributed by atoms with Crippen LogP contribution >= 0.6 is 11.3 Å². The zero-order valence-electron chi connectivity index (χ0n) is 10.6. The van der Waals surface area contributed by atoms with E-state index >= 15 is 0 Å². The molecule has 18 heavy (non-hydrogen) atoms. The first-order chi connectivity index (χ1) is 8.63. The topological polar surface area (TPSA) is 24.9 Å². The third-order valence-corrected chi connectivity index (χ3v) is 3.64. The van der Waals surface area contributed by atoms with Gasteiger partial charge in [0.15, 0.2) is 0 Å². The molecule has 1 aromatic carbocycles. The Labute approximate surface area is 111 Å². The highest BCUT2D eigenvalue weighted by Gasteiger charge is 2.05. The maximum Gasteiger partial charge on any atom is 0.123 e. The van der Waals surface area contributed by atoms with Crippen LogP contribution in [0.4, 0.5) is 4.39 Å². The van der Waals surface area contributed by atoms with E-state index in [0.717, 1.165) is 23.5 Å². The van der Waals surface area contributed by atoms with Crippen molar-refractivity contribution < 1.29 is 4.39 Å². The Morgan fingerprint density at radius 3 is 2.94 bits per heavy atom. The number of halogens is 1. The Morgan fingerprint density at radius 1 is 1.44 bits per heavy atom. The smallest absolute Gasteiger partial charge is 0.123 e. The normalized spacial score (nSPS) is 12.6. The highest BCUT2D eigenvalue weighted by molar-refractivity contribution is 7.11. The molecule has 0 aliphatic heterocycles. The summed E-state index contributed by atoms with van der Waals surface area (Å²) in [6.07, 6.45) is 2.73. The van der Waals surface area contributed by atoms with Crippen molar-refractivity contribution in [2.45, 2.75) is 32.9 Å². The lowest BCUT2D eigenvalue weighted by Crippen LogP contribution is -2.27. The fourth-order valence-corrected chi connectivity index (χ4v) is 2.60. The molecule has 0 spiro atoms. The van der Waals surface area contributed by atoms with Crippen LogP contribution in [0.3, 0.4) is 0 Å². The minimum Gasteiger partial charge on any atom is -0.309 e. The molecule has 0 bridgehead atoms. The first kappa shape index (κ1) is 13.2. The molecule has 0 amide bonds. The van der Waals surface area contributed by atoms with E-state index in [1.165, 1.54) is 10.9 Å². The fraction of sp³-hybridized carbons (Fsp3) is 0.357. The maximum atomic E-state index is 13.0. The molecule has 1 heterocycles. The highest BCUT2D eigenvalue weighted by Crippen LogP contribution is 2.12. The Hall–Kier alpha value is -1.26. The molecule has 1 aromatic heterocycles. The summed E-state index contributed by atoms with van der Waals surface area (Å²) in [5.41, 5.74) is 1.02. The van der Waals surface area contributed by atoms with E-state index in [4.69, 9.17) is 0 Å². The van der Waals surface area contributed by atoms with Crippen molar-refractivity contribution in [1.82, 2.24) is 10.3 Å². The summed E-state index contributed by atoms with van der Waals surface area (Å²) in [4.78, 5) is 5.45. The molecule has 1 N–H and O–H groups in total. The van der Waals surface area contributed by atoms with Crippen LogP contribution in [0.25, 0.3) is 0 Å². The van der Waals surface area contributed by atoms with Crippen molar-refractivity contribution in [2.24, 2.45) is 0 Å². The van der Waals surface area contributed by atoms with E-state index in [2.05, 4.69) is 17.2 Å². The maximum absolute atomic E-state index is 13.0. The molecule has 2 rings (SSSR count). The number of hydrogen-bond acceptors (Lipinski definition) is 3. The van der Waals surface area contributed by atoms with Crippen LogP contribution in [0.15, 0.2) is 30.5 Å². The van der Waals surface area contributed by atoms with Crippen LogP contribution in [0.5, 0.6) is 0 Å². The van der Waals surface area contributed by atoms with Gasteiger partial charge in [0, 0.05) is 23.7 Å². The van der Waals surface area contributed by atoms with Crippen molar-refractivity contribution in [3.8, 4) is 0 Å². The number of rotatable bonds is 5. The monoisotopic (exact) mass is 264 g/mol. The highest BCUT2D eigenvalue weighted by atomic mass is 32.1. The summed E-state index contributed by atoms with van der Waals surface area (Å²) < 4.78 is 13.0. The van der Waals surface area contributed by atoms with Gasteiger partial charge in [-0.1, -0.05) is 12.1 Å². The molecule has 2 aromatic rings. The van der Waals surface area contributed by atoms with Gasteiger partial charge >= 0.3 is 0 Å². The first-order valence-electron chi connectivity index (χ1n) is 6.02. The molecular weight excluding hydrogens is 247 g/mol. The molecule has 0 saturated carbocycles. The molecule has 96 valence electrons. The summed E-state index contributed by atoms with van der Waals surface area (Å²) in [6, 6.07) is 7.09. The van der Waals surface area contributed by atoms with Crippen molar-refractivity contribution in [3.63, 3.8) is 0 Å². The molecule has 0 aliphatic rings. The lowest BCUT2D eigenvalue weighted by molar-refractivity contribution is 0.545. The van der Waals surface area contributed by atoms with E-state index in [1.807, 2.05) is 19.2 Å². The third kappa shape index (κ3) is 3.89. The van der Waals surface area contributed by atoms with Gasteiger partial charge in [0.1, 0.15) is 5.82 Å². The van der Waals surface area contributed by atoms with Crippen LogP contribution in [0, 0.1) is 12.7 Å². The molecule has 1 atom stereocenters. The Bertz CT molecular complexity index is 510. The van der Waals surface area contributed by atoms with Crippen molar-refractivity contribution in [3.05, 3.63) is 51.7 Å². The molecular formula is C14H17FN2S. The number of nitrogens with one attached hydrogen (secondary N) is 1. The average Bonchev–Trinajstić information content (AvgIpc) is 2.73. The lowest BCUT2D eigenvalue weighted by atomic mass is 10.1. The third-order valence-electron chi connectivity index (χ3n) is 2.72. The number of thiazole rings is 1. The van der Waals surface area contributed by atoms with Gasteiger partial charge in [0.2, 0.25) is 0 Å². The number of hydrogen-bond donors (Lipinski definition) is 1. The molecule has 0 aliphatic carbocycles. The van der Waals surface area contributed by atoms with Crippen LogP contribution in [0.2, 0.25) is 0 Å². The molecule has 0 radical (unpaired) electrons. The summed E-state index contributed by atoms with van der Waals surface area (Å²) in [6.45, 7) is 4.94. The summed E-state index contributed by atoms with van der Waals surface area (Å²) in [5.74, 6) is -0.169. The molecule has 1 unspecified atom stereocenters. The quantitative estimate of drug-likeness (QED) is 0.896. The second-order valence-corrected chi connectivity index (χ2v) is 5.78. The summed E-state index contributed by atoms with van der Waals surface area (Å²) in [5, 5.41) is 4.52. The lowest BCUT2D eigenvalue weighted by Gasteiger charge is -2.13. The minimum absolute atomic E-state index is 0.169. The van der Waals surface area contributed by atoms with Gasteiger partial charge < -0.3 is 5.32 Å². The van der Waals surface area contributed by atoms with E-state index in [0.29, 0.717) is 6.04 Å².